The van der Waals surface area contributed by atoms with Gasteiger partial charge in [-0.15, -0.1) is 0 Å². The van der Waals surface area contributed by atoms with Crippen molar-refractivity contribution in [3.8, 4) is 5.75 Å². The highest BCUT2D eigenvalue weighted by atomic mass is 35.5. The van der Waals surface area contributed by atoms with Crippen molar-refractivity contribution in [3.63, 3.8) is 0 Å². The normalized spacial score (nSPS) is 16.3. The second-order valence-corrected chi connectivity index (χ2v) is 9.16. The number of methoxy groups -OCH3 is 1. The number of nitrogens with one attached hydrogen (secondary N) is 1. The van der Waals surface area contributed by atoms with Crippen LogP contribution in [0.5, 0.6) is 5.75 Å². The fourth-order valence-corrected chi connectivity index (χ4v) is 4.38. The van der Waals surface area contributed by atoms with E-state index in [0.717, 1.165) is 41.5 Å². The second kappa shape index (κ2) is 10.8. The maximum absolute atomic E-state index is 12.9. The molecule has 2 heterocycles. The van der Waals surface area contributed by atoms with Gasteiger partial charge in [0.15, 0.2) is 0 Å². The third kappa shape index (κ3) is 6.04. The Balaban J connectivity index is 1.31. The Morgan fingerprint density at radius 2 is 1.97 bits per heavy atom. The summed E-state index contributed by atoms with van der Waals surface area (Å²) < 4.78 is 5.29. The van der Waals surface area contributed by atoms with Crippen LogP contribution in [-0.4, -0.2) is 60.4 Å². The number of halogens is 1. The average molecular weight is 481 g/mol. The van der Waals surface area contributed by atoms with Gasteiger partial charge >= 0.3 is 0 Å². The number of aromatic nitrogens is 1. The van der Waals surface area contributed by atoms with E-state index in [-0.39, 0.29) is 17.7 Å². The maximum atomic E-state index is 12.9. The van der Waals surface area contributed by atoms with Gasteiger partial charge in [-0.05, 0) is 66.1 Å². The quantitative estimate of drug-likeness (QED) is 0.548. The molecule has 1 aliphatic heterocycles. The summed E-state index contributed by atoms with van der Waals surface area (Å²) in [5.74, 6) is 1.09. The lowest BCUT2D eigenvalue weighted by molar-refractivity contribution is -0.133. The lowest BCUT2D eigenvalue weighted by atomic mass is 9.97. The molecule has 0 spiro atoms. The van der Waals surface area contributed by atoms with Crippen LogP contribution in [0.1, 0.15) is 18.4 Å². The fraction of sp³-hybridized carbons (Fsp3) is 0.346. The van der Waals surface area contributed by atoms with Crippen molar-refractivity contribution in [3.05, 3.63) is 65.3 Å². The molecule has 2 amide bonds. The number of pyridine rings is 1. The van der Waals surface area contributed by atoms with Crippen molar-refractivity contribution in [2.75, 3.05) is 39.1 Å². The van der Waals surface area contributed by atoms with Gasteiger partial charge in [-0.2, -0.15) is 0 Å². The zero-order chi connectivity index (χ0) is 24.1. The Bertz CT molecular complexity index is 1170. The minimum Gasteiger partial charge on any atom is -0.497 e. The smallest absolute Gasteiger partial charge is 0.236 e. The molecule has 2 aromatic carbocycles. The molecule has 1 fully saturated rings. The zero-order valence-electron chi connectivity index (χ0n) is 19.5. The third-order valence-electron chi connectivity index (χ3n) is 6.17. The van der Waals surface area contributed by atoms with Crippen molar-refractivity contribution >= 4 is 40.0 Å². The third-order valence-corrected chi connectivity index (χ3v) is 6.39. The minimum absolute atomic E-state index is 0.0373. The van der Waals surface area contributed by atoms with Crippen LogP contribution in [0.15, 0.2) is 54.7 Å². The first-order valence-electron chi connectivity index (χ1n) is 11.4. The summed E-state index contributed by atoms with van der Waals surface area (Å²) in [6.45, 7) is 2.18. The second-order valence-electron chi connectivity index (χ2n) is 8.72. The molecule has 0 radical (unpaired) electrons. The average Bonchev–Trinajstić information content (AvgIpc) is 2.85. The lowest BCUT2D eigenvalue weighted by Gasteiger charge is -2.32. The summed E-state index contributed by atoms with van der Waals surface area (Å²) in [5.41, 5.74) is 1.07. The highest BCUT2D eigenvalue weighted by Crippen LogP contribution is 2.23. The van der Waals surface area contributed by atoms with Crippen LogP contribution in [0, 0.1) is 5.92 Å². The van der Waals surface area contributed by atoms with E-state index in [1.165, 1.54) is 6.20 Å². The van der Waals surface area contributed by atoms with Gasteiger partial charge in [0.2, 0.25) is 11.8 Å². The number of anilines is 1. The van der Waals surface area contributed by atoms with E-state index >= 15 is 0 Å². The summed E-state index contributed by atoms with van der Waals surface area (Å²) in [6.07, 6.45) is 3.17. The molecule has 1 aromatic heterocycles. The molecule has 4 rings (SSSR count). The van der Waals surface area contributed by atoms with E-state index in [4.69, 9.17) is 16.3 Å². The van der Waals surface area contributed by atoms with Gasteiger partial charge in [-0.1, -0.05) is 29.8 Å². The van der Waals surface area contributed by atoms with Gasteiger partial charge < -0.3 is 15.0 Å². The topological polar surface area (TPSA) is 74.8 Å². The largest absolute Gasteiger partial charge is 0.497 e. The van der Waals surface area contributed by atoms with Crippen LogP contribution in [0.3, 0.4) is 0 Å². The van der Waals surface area contributed by atoms with Crippen LogP contribution in [0.25, 0.3) is 10.8 Å². The number of nitrogens with zero attached hydrogens (tertiary/aromatic N) is 3. The molecule has 0 saturated carbocycles. The Morgan fingerprint density at radius 3 is 2.74 bits per heavy atom. The first-order chi connectivity index (χ1) is 16.4. The minimum atomic E-state index is -0.179. The van der Waals surface area contributed by atoms with Gasteiger partial charge in [-0.25, -0.2) is 4.98 Å². The van der Waals surface area contributed by atoms with Crippen molar-refractivity contribution < 1.29 is 14.3 Å². The van der Waals surface area contributed by atoms with E-state index in [9.17, 15) is 9.59 Å². The summed E-state index contributed by atoms with van der Waals surface area (Å²) >= 11 is 5.86. The molecule has 178 valence electrons. The number of likely N-dealkylation sites (tertiary alicyclic amines) is 1. The van der Waals surface area contributed by atoms with Crippen molar-refractivity contribution in [1.29, 1.82) is 0 Å². The number of hydrogen-bond donors (Lipinski definition) is 1. The maximum Gasteiger partial charge on any atom is 0.236 e. The number of likely N-dealkylation sites (N-methyl/N-ethyl adjacent to an activating group) is 1. The van der Waals surface area contributed by atoms with Crippen LogP contribution in [0.2, 0.25) is 5.02 Å². The fourth-order valence-electron chi connectivity index (χ4n) is 4.26. The molecule has 0 aliphatic carbocycles. The van der Waals surface area contributed by atoms with Crippen LogP contribution >= 0.6 is 11.6 Å². The molecule has 1 saturated heterocycles. The highest BCUT2D eigenvalue weighted by molar-refractivity contribution is 6.30. The van der Waals surface area contributed by atoms with E-state index < -0.39 is 0 Å². The summed E-state index contributed by atoms with van der Waals surface area (Å²) in [7, 11) is 3.48. The van der Waals surface area contributed by atoms with E-state index in [1.807, 2.05) is 31.3 Å². The van der Waals surface area contributed by atoms with E-state index in [1.54, 1.807) is 24.1 Å². The SMILES string of the molecule is COc1ccc2cc(CN(C)C(=O)CN3CCCC(C(=O)Nc4ccc(Cl)cn4)C3)ccc2c1. The number of ether oxygens (including phenoxy) is 1. The van der Waals surface area contributed by atoms with E-state index in [0.29, 0.717) is 30.5 Å². The van der Waals surface area contributed by atoms with Gasteiger partial charge in [0.25, 0.3) is 0 Å². The van der Waals surface area contributed by atoms with E-state index in [2.05, 4.69) is 27.3 Å². The molecule has 7 nitrogen and oxygen atoms in total. The molecule has 8 heteroatoms. The van der Waals surface area contributed by atoms with Gasteiger partial charge in [0.05, 0.1) is 24.6 Å². The Morgan fingerprint density at radius 1 is 1.18 bits per heavy atom. The van der Waals surface area contributed by atoms with Crippen LogP contribution < -0.4 is 10.1 Å². The van der Waals surface area contributed by atoms with Crippen LogP contribution in [0.4, 0.5) is 5.82 Å². The number of fused-ring (bicyclic) bond motifs is 1. The molecule has 34 heavy (non-hydrogen) atoms. The standard InChI is InChI=1S/C26H29ClN4O3/c1-30(15-18-5-6-20-13-23(34-2)9-7-19(20)12-18)25(32)17-31-11-3-4-21(16-31)26(33)29-24-10-8-22(27)14-28-24/h5-10,12-14,21H,3-4,11,15-17H2,1-2H3,(H,28,29,33). The number of amides is 2. The first-order valence-corrected chi connectivity index (χ1v) is 11.7. The van der Waals surface area contributed by atoms with Crippen LogP contribution in [-0.2, 0) is 16.1 Å². The van der Waals surface area contributed by atoms with Gasteiger partial charge in [-0.3, -0.25) is 14.5 Å². The number of piperidine rings is 1. The monoisotopic (exact) mass is 480 g/mol. The predicted octanol–water partition coefficient (Wildman–Crippen LogP) is 4.21. The Hall–Kier alpha value is -3.16. The number of carbonyl (C=O) groups excluding carboxylic acids is 2. The number of hydrogen-bond acceptors (Lipinski definition) is 5. The lowest BCUT2D eigenvalue weighted by Crippen LogP contribution is -2.45. The molecule has 1 unspecified atom stereocenters. The van der Waals surface area contributed by atoms with Crippen molar-refractivity contribution in [1.82, 2.24) is 14.8 Å². The molecular formula is C26H29ClN4O3. The van der Waals surface area contributed by atoms with Gasteiger partial charge in [0.1, 0.15) is 11.6 Å². The number of benzene rings is 2. The predicted molar refractivity (Wildman–Crippen MR) is 134 cm³/mol. The number of carbonyl (C=O) groups is 2. The molecular weight excluding hydrogens is 452 g/mol. The molecule has 1 aliphatic rings. The van der Waals surface area contributed by atoms with Crippen molar-refractivity contribution in [2.24, 2.45) is 5.92 Å². The summed E-state index contributed by atoms with van der Waals surface area (Å²) in [4.78, 5) is 33.5. The van der Waals surface area contributed by atoms with Crippen molar-refractivity contribution in [2.45, 2.75) is 19.4 Å². The molecule has 0 bridgehead atoms. The first kappa shape index (κ1) is 24.0. The molecule has 1 N–H and O–H groups in total. The molecule has 3 aromatic rings. The summed E-state index contributed by atoms with van der Waals surface area (Å²) in [5, 5.41) is 5.58. The summed E-state index contributed by atoms with van der Waals surface area (Å²) in [6, 6.07) is 15.5. The zero-order valence-corrected chi connectivity index (χ0v) is 20.2. The van der Waals surface area contributed by atoms with Gasteiger partial charge in [0, 0.05) is 26.3 Å². The molecule has 1 atom stereocenters. The highest BCUT2D eigenvalue weighted by Gasteiger charge is 2.27. The Kier molecular flexibility index (Phi) is 7.65. The Labute approximate surface area is 204 Å². The number of rotatable bonds is 7.